The fourth-order valence-electron chi connectivity index (χ4n) is 7.15. The molecule has 7 atom stereocenters. The second-order valence-electron chi connectivity index (χ2n) is 9.79. The maximum atomic E-state index is 11.9. The van der Waals surface area contributed by atoms with Gasteiger partial charge in [-0.3, -0.25) is 4.79 Å². The van der Waals surface area contributed by atoms with Crippen molar-refractivity contribution >= 4 is 5.78 Å². The van der Waals surface area contributed by atoms with E-state index in [9.17, 15) is 9.90 Å². The largest absolute Gasteiger partial charge is 0.390 e. The first-order chi connectivity index (χ1) is 10.7. The number of ketones is 1. The number of hydrogen-bond donors (Lipinski definition) is 1. The molecular weight excluding hydrogens is 284 g/mol. The number of carbonyl (C=O) groups is 1. The third-order valence-electron chi connectivity index (χ3n) is 8.87. The molecule has 2 heteroatoms. The van der Waals surface area contributed by atoms with Crippen LogP contribution in [0.3, 0.4) is 0 Å². The van der Waals surface area contributed by atoms with Crippen molar-refractivity contribution < 1.29 is 9.90 Å². The molecule has 0 aromatic carbocycles. The van der Waals surface area contributed by atoms with Crippen LogP contribution < -0.4 is 0 Å². The highest BCUT2D eigenvalue weighted by Crippen LogP contribution is 2.68. The lowest BCUT2D eigenvalue weighted by atomic mass is 9.44. The van der Waals surface area contributed by atoms with Crippen LogP contribution in [0.4, 0.5) is 0 Å². The fraction of sp³-hybridized carbons (Fsp3) is 0.857. The smallest absolute Gasteiger partial charge is 0.155 e. The fourth-order valence-corrected chi connectivity index (χ4v) is 7.15. The van der Waals surface area contributed by atoms with Crippen molar-refractivity contribution in [3.05, 3.63) is 11.6 Å². The van der Waals surface area contributed by atoms with E-state index in [0.717, 1.165) is 38.0 Å². The van der Waals surface area contributed by atoms with Crippen LogP contribution in [0, 0.1) is 34.5 Å². The van der Waals surface area contributed by atoms with Crippen LogP contribution in [0.15, 0.2) is 11.6 Å². The van der Waals surface area contributed by atoms with Crippen LogP contribution in [0.25, 0.3) is 0 Å². The zero-order valence-electron chi connectivity index (χ0n) is 15.2. The summed E-state index contributed by atoms with van der Waals surface area (Å²) in [5.74, 6) is 3.06. The minimum Gasteiger partial charge on any atom is -0.390 e. The Balaban J connectivity index is 1.74. The lowest BCUT2D eigenvalue weighted by Crippen LogP contribution is -2.55. The van der Waals surface area contributed by atoms with Gasteiger partial charge in [-0.15, -0.1) is 0 Å². The highest BCUT2D eigenvalue weighted by Gasteiger charge is 2.63. The zero-order chi connectivity index (χ0) is 16.6. The third kappa shape index (κ3) is 1.94. The van der Waals surface area contributed by atoms with Crippen LogP contribution in [0.1, 0.15) is 72.6 Å². The molecule has 0 aromatic heterocycles. The Morgan fingerprint density at radius 1 is 1.09 bits per heavy atom. The van der Waals surface area contributed by atoms with E-state index in [0.29, 0.717) is 23.5 Å². The van der Waals surface area contributed by atoms with Gasteiger partial charge in [0.2, 0.25) is 0 Å². The van der Waals surface area contributed by atoms with E-state index in [2.05, 4.69) is 27.7 Å². The Morgan fingerprint density at radius 3 is 2.52 bits per heavy atom. The molecule has 3 saturated carbocycles. The van der Waals surface area contributed by atoms with E-state index >= 15 is 0 Å². The maximum absolute atomic E-state index is 11.9. The summed E-state index contributed by atoms with van der Waals surface area (Å²) in [6.07, 6.45) is 9.39. The summed E-state index contributed by atoms with van der Waals surface area (Å²) in [5.41, 5.74) is 1.27. The van der Waals surface area contributed by atoms with E-state index < -0.39 is 5.60 Å². The molecular formula is C21H32O2. The van der Waals surface area contributed by atoms with Crippen LogP contribution in [0.2, 0.25) is 0 Å². The van der Waals surface area contributed by atoms with E-state index in [4.69, 9.17) is 0 Å². The first-order valence-electron chi connectivity index (χ1n) is 9.65. The Kier molecular flexibility index (Phi) is 3.25. The third-order valence-corrected chi connectivity index (χ3v) is 8.87. The first-order valence-corrected chi connectivity index (χ1v) is 9.65. The Hall–Kier alpha value is -0.630. The molecule has 0 spiro atoms. The van der Waals surface area contributed by atoms with Gasteiger partial charge in [-0.25, -0.2) is 0 Å². The van der Waals surface area contributed by atoms with Gasteiger partial charge < -0.3 is 5.11 Å². The van der Waals surface area contributed by atoms with Crippen LogP contribution in [-0.4, -0.2) is 16.5 Å². The van der Waals surface area contributed by atoms with Crippen LogP contribution in [0.5, 0.6) is 0 Å². The SMILES string of the molecule is C[C@@H]1CC2=CC(=O)CC[C@@]2(C)[C@@H]2CC[C@]3(C)[C@H](CC[C@@]3(C)O)[C@@H]12. The summed E-state index contributed by atoms with van der Waals surface area (Å²) in [7, 11) is 0. The van der Waals surface area contributed by atoms with Crippen molar-refractivity contribution in [3.8, 4) is 0 Å². The van der Waals surface area contributed by atoms with Gasteiger partial charge in [-0.2, -0.15) is 0 Å². The van der Waals surface area contributed by atoms with E-state index in [1.165, 1.54) is 18.4 Å². The second-order valence-corrected chi connectivity index (χ2v) is 9.79. The Bertz CT molecular complexity index is 574. The Labute approximate surface area is 140 Å². The van der Waals surface area contributed by atoms with Crippen molar-refractivity contribution in [2.45, 2.75) is 78.2 Å². The normalized spacial score (nSPS) is 55.7. The molecule has 0 saturated heterocycles. The van der Waals surface area contributed by atoms with E-state index in [1.807, 2.05) is 6.08 Å². The second kappa shape index (κ2) is 4.71. The van der Waals surface area contributed by atoms with Crippen LogP contribution >= 0.6 is 0 Å². The van der Waals surface area contributed by atoms with Crippen molar-refractivity contribution in [1.29, 1.82) is 0 Å². The van der Waals surface area contributed by atoms with Gasteiger partial charge in [-0.1, -0.05) is 26.3 Å². The van der Waals surface area contributed by atoms with Gasteiger partial charge in [0.25, 0.3) is 0 Å². The molecule has 0 aromatic rings. The topological polar surface area (TPSA) is 37.3 Å². The molecule has 4 rings (SSSR count). The molecule has 0 unspecified atom stereocenters. The van der Waals surface area contributed by atoms with Gasteiger partial charge in [0.05, 0.1) is 5.60 Å². The highest BCUT2D eigenvalue weighted by molar-refractivity contribution is 5.91. The molecule has 0 bridgehead atoms. The quantitative estimate of drug-likeness (QED) is 0.713. The summed E-state index contributed by atoms with van der Waals surface area (Å²) in [6.45, 7) is 9.26. The highest BCUT2D eigenvalue weighted by atomic mass is 16.3. The molecule has 128 valence electrons. The van der Waals surface area contributed by atoms with Gasteiger partial charge in [0.15, 0.2) is 5.78 Å². The lowest BCUT2D eigenvalue weighted by molar-refractivity contribution is -0.132. The minimum atomic E-state index is -0.498. The Morgan fingerprint density at radius 2 is 1.78 bits per heavy atom. The number of allylic oxidation sites excluding steroid dienone is 1. The molecule has 0 heterocycles. The van der Waals surface area contributed by atoms with Gasteiger partial charge in [0, 0.05) is 6.42 Å². The summed E-state index contributed by atoms with van der Waals surface area (Å²) in [6, 6.07) is 0. The van der Waals surface area contributed by atoms with Crippen molar-refractivity contribution in [2.75, 3.05) is 0 Å². The molecule has 4 aliphatic carbocycles. The number of hydrogen-bond acceptors (Lipinski definition) is 2. The molecule has 0 radical (unpaired) electrons. The lowest BCUT2D eigenvalue weighted by Gasteiger charge is -2.60. The molecule has 23 heavy (non-hydrogen) atoms. The van der Waals surface area contributed by atoms with Crippen molar-refractivity contribution in [1.82, 2.24) is 0 Å². The number of fused-ring (bicyclic) bond motifs is 5. The first kappa shape index (κ1) is 15.9. The number of carbonyl (C=O) groups excluding carboxylic acids is 1. The predicted octanol–water partition coefficient (Wildman–Crippen LogP) is 4.52. The summed E-state index contributed by atoms with van der Waals surface area (Å²) >= 11 is 0. The molecule has 2 nitrogen and oxygen atoms in total. The van der Waals surface area contributed by atoms with E-state index in [1.54, 1.807) is 0 Å². The molecule has 3 fully saturated rings. The molecule has 4 aliphatic rings. The van der Waals surface area contributed by atoms with Crippen LogP contribution in [-0.2, 0) is 4.79 Å². The average molecular weight is 316 g/mol. The summed E-state index contributed by atoms with van der Waals surface area (Å²) in [4.78, 5) is 11.9. The zero-order valence-corrected chi connectivity index (χ0v) is 15.2. The molecule has 0 aliphatic heterocycles. The van der Waals surface area contributed by atoms with Gasteiger partial charge in [-0.05, 0) is 86.0 Å². The average Bonchev–Trinajstić information content (AvgIpc) is 2.72. The van der Waals surface area contributed by atoms with Gasteiger partial charge in [0.1, 0.15) is 0 Å². The molecule has 0 amide bonds. The predicted molar refractivity (Wildman–Crippen MR) is 91.9 cm³/mol. The summed E-state index contributed by atoms with van der Waals surface area (Å²) < 4.78 is 0. The van der Waals surface area contributed by atoms with Crippen molar-refractivity contribution in [2.24, 2.45) is 34.5 Å². The number of rotatable bonds is 0. The van der Waals surface area contributed by atoms with Crippen molar-refractivity contribution in [3.63, 3.8) is 0 Å². The minimum absolute atomic E-state index is 0.0878. The van der Waals surface area contributed by atoms with E-state index in [-0.39, 0.29) is 10.8 Å². The van der Waals surface area contributed by atoms with Gasteiger partial charge >= 0.3 is 0 Å². The number of aliphatic hydroxyl groups is 1. The molecule has 1 N–H and O–H groups in total. The standard InChI is InChI=1S/C21H32O2/c1-13-11-14-12-15(22)5-8-19(14,2)16-6-9-20(3)17(18(13)16)7-10-21(20,4)23/h12-13,16-18,23H,5-11H2,1-4H3/t13-,16-,17-,18+,19-,20-,21-/m1/s1. The summed E-state index contributed by atoms with van der Waals surface area (Å²) in [5, 5.41) is 11.0. The maximum Gasteiger partial charge on any atom is 0.155 e. The monoisotopic (exact) mass is 316 g/mol.